The number of ether oxygens (including phenoxy) is 1. The molecule has 0 radical (unpaired) electrons. The number of nitrogens with zero attached hydrogens (tertiary/aromatic N) is 2. The lowest BCUT2D eigenvalue weighted by Gasteiger charge is -2.04. The summed E-state index contributed by atoms with van der Waals surface area (Å²) >= 11 is 0. The number of esters is 1. The van der Waals surface area contributed by atoms with E-state index in [4.69, 9.17) is 9.26 Å². The van der Waals surface area contributed by atoms with Gasteiger partial charge in [0.05, 0.1) is 5.39 Å². The number of aromatic amines is 1. The zero-order chi connectivity index (χ0) is 18.8. The molecular weight excluding hydrogens is 346 g/mol. The van der Waals surface area contributed by atoms with Gasteiger partial charge in [0.15, 0.2) is 18.1 Å². The van der Waals surface area contributed by atoms with Gasteiger partial charge in [0.2, 0.25) is 0 Å². The molecule has 0 aliphatic heterocycles. The smallest absolute Gasteiger partial charge is 0.359 e. The van der Waals surface area contributed by atoms with Gasteiger partial charge in [-0.15, -0.1) is 0 Å². The standard InChI is InChI=1S/C20H15N3O4/c1-12-6-8-13(9-7-12)17-10-14(27-23-17)11-26-20(25)18-15-4-2-3-5-16(15)19(24)22-21-18/h2-10H,11H2,1H3,(H,22,24). The molecule has 0 spiro atoms. The number of carbonyl (C=O) groups is 1. The lowest BCUT2D eigenvalue weighted by atomic mass is 10.1. The van der Waals surface area contributed by atoms with Crippen LogP contribution in [0.1, 0.15) is 21.8 Å². The van der Waals surface area contributed by atoms with Gasteiger partial charge in [-0.1, -0.05) is 53.2 Å². The highest BCUT2D eigenvalue weighted by molar-refractivity contribution is 6.01. The maximum absolute atomic E-state index is 12.4. The number of rotatable bonds is 4. The zero-order valence-electron chi connectivity index (χ0n) is 14.4. The Labute approximate surface area is 153 Å². The molecule has 0 atom stereocenters. The highest BCUT2D eigenvalue weighted by atomic mass is 16.5. The summed E-state index contributed by atoms with van der Waals surface area (Å²) < 4.78 is 10.5. The molecule has 0 amide bonds. The average Bonchev–Trinajstić information content (AvgIpc) is 3.16. The first-order chi connectivity index (χ1) is 13.1. The zero-order valence-corrected chi connectivity index (χ0v) is 14.4. The van der Waals surface area contributed by atoms with Crippen LogP contribution < -0.4 is 5.56 Å². The molecule has 2 aromatic heterocycles. The molecule has 0 saturated heterocycles. The molecule has 7 nitrogen and oxygen atoms in total. The summed E-state index contributed by atoms with van der Waals surface area (Å²) in [6.07, 6.45) is 0. The van der Waals surface area contributed by atoms with Gasteiger partial charge in [-0.25, -0.2) is 9.89 Å². The normalized spacial score (nSPS) is 10.9. The summed E-state index contributed by atoms with van der Waals surface area (Å²) in [5, 5.41) is 10.9. The highest BCUT2D eigenvalue weighted by Crippen LogP contribution is 2.20. The lowest BCUT2D eigenvalue weighted by molar-refractivity contribution is 0.0431. The van der Waals surface area contributed by atoms with E-state index in [0.717, 1.165) is 11.1 Å². The first-order valence-electron chi connectivity index (χ1n) is 8.29. The topological polar surface area (TPSA) is 98.1 Å². The number of nitrogens with one attached hydrogen (secondary N) is 1. The van der Waals surface area contributed by atoms with Crippen LogP contribution in [0.3, 0.4) is 0 Å². The summed E-state index contributed by atoms with van der Waals surface area (Å²) in [7, 11) is 0. The van der Waals surface area contributed by atoms with Crippen molar-refractivity contribution in [1.82, 2.24) is 15.4 Å². The quantitative estimate of drug-likeness (QED) is 0.560. The number of aromatic nitrogens is 3. The number of H-pyrrole nitrogens is 1. The van der Waals surface area contributed by atoms with Gasteiger partial charge < -0.3 is 9.26 Å². The van der Waals surface area contributed by atoms with Crippen LogP contribution in [0.4, 0.5) is 0 Å². The van der Waals surface area contributed by atoms with E-state index in [1.54, 1.807) is 30.3 Å². The molecule has 0 saturated carbocycles. The lowest BCUT2D eigenvalue weighted by Crippen LogP contribution is -2.15. The Balaban J connectivity index is 1.51. The summed E-state index contributed by atoms with van der Waals surface area (Å²) in [4.78, 5) is 24.2. The van der Waals surface area contributed by atoms with E-state index >= 15 is 0 Å². The number of aryl methyl sites for hydroxylation is 1. The molecule has 134 valence electrons. The van der Waals surface area contributed by atoms with Crippen molar-refractivity contribution >= 4 is 16.7 Å². The maximum atomic E-state index is 12.4. The summed E-state index contributed by atoms with van der Waals surface area (Å²) in [6, 6.07) is 16.3. The molecule has 0 aliphatic rings. The SMILES string of the molecule is Cc1ccc(-c2cc(COC(=O)c3n[nH]c(=O)c4ccccc34)on2)cc1. The third-order valence-electron chi connectivity index (χ3n) is 4.14. The maximum Gasteiger partial charge on any atom is 0.359 e. The molecule has 2 heterocycles. The van der Waals surface area contributed by atoms with E-state index in [-0.39, 0.29) is 17.9 Å². The van der Waals surface area contributed by atoms with Gasteiger partial charge in [0.1, 0.15) is 5.69 Å². The van der Waals surface area contributed by atoms with Crippen molar-refractivity contribution in [3.8, 4) is 11.3 Å². The molecule has 0 unspecified atom stereocenters. The van der Waals surface area contributed by atoms with Crippen LogP contribution in [0.5, 0.6) is 0 Å². The third kappa shape index (κ3) is 3.35. The second-order valence-corrected chi connectivity index (χ2v) is 6.07. The summed E-state index contributed by atoms with van der Waals surface area (Å²) in [6.45, 7) is 1.92. The fraction of sp³-hybridized carbons (Fsp3) is 0.100. The Kier molecular flexibility index (Phi) is 4.25. The Morgan fingerprint density at radius 3 is 2.63 bits per heavy atom. The molecule has 1 N–H and O–H groups in total. The summed E-state index contributed by atoms with van der Waals surface area (Å²) in [5.74, 6) is -0.247. The van der Waals surface area contributed by atoms with E-state index in [2.05, 4.69) is 15.4 Å². The first-order valence-corrected chi connectivity index (χ1v) is 8.29. The summed E-state index contributed by atoms with van der Waals surface area (Å²) in [5.41, 5.74) is 2.41. The highest BCUT2D eigenvalue weighted by Gasteiger charge is 2.16. The van der Waals surface area contributed by atoms with E-state index < -0.39 is 5.97 Å². The molecule has 2 aromatic carbocycles. The third-order valence-corrected chi connectivity index (χ3v) is 4.14. The Hall–Kier alpha value is -3.74. The fourth-order valence-corrected chi connectivity index (χ4v) is 2.72. The van der Waals surface area contributed by atoms with Gasteiger partial charge in [-0.05, 0) is 13.0 Å². The minimum Gasteiger partial charge on any atom is -0.453 e. The monoisotopic (exact) mass is 361 g/mol. The van der Waals surface area contributed by atoms with Crippen molar-refractivity contribution in [3.63, 3.8) is 0 Å². The molecule has 7 heteroatoms. The molecule has 27 heavy (non-hydrogen) atoms. The van der Waals surface area contributed by atoms with Crippen molar-refractivity contribution in [2.24, 2.45) is 0 Å². The number of hydrogen-bond donors (Lipinski definition) is 1. The van der Waals surface area contributed by atoms with Crippen LogP contribution in [-0.4, -0.2) is 21.3 Å². The van der Waals surface area contributed by atoms with Gasteiger partial charge in [0, 0.05) is 17.0 Å². The molecule has 4 rings (SSSR count). The molecule has 4 aromatic rings. The van der Waals surface area contributed by atoms with Gasteiger partial charge in [0.25, 0.3) is 5.56 Å². The Morgan fingerprint density at radius 1 is 1.11 bits per heavy atom. The molecular formula is C20H15N3O4. The van der Waals surface area contributed by atoms with Crippen LogP contribution in [0.25, 0.3) is 22.0 Å². The minimum atomic E-state index is -0.657. The predicted octanol–water partition coefficient (Wildman–Crippen LogP) is 3.24. The van der Waals surface area contributed by atoms with E-state index in [1.165, 1.54) is 0 Å². The van der Waals surface area contributed by atoms with Crippen molar-refractivity contribution in [3.05, 3.63) is 82.0 Å². The van der Waals surface area contributed by atoms with E-state index in [1.807, 2.05) is 31.2 Å². The van der Waals surface area contributed by atoms with Crippen LogP contribution in [0.2, 0.25) is 0 Å². The number of carbonyl (C=O) groups excluding carboxylic acids is 1. The van der Waals surface area contributed by atoms with Gasteiger partial charge in [-0.2, -0.15) is 5.10 Å². The van der Waals surface area contributed by atoms with Crippen molar-refractivity contribution in [2.45, 2.75) is 13.5 Å². The second-order valence-electron chi connectivity index (χ2n) is 6.07. The number of hydrogen-bond acceptors (Lipinski definition) is 6. The Morgan fingerprint density at radius 2 is 1.85 bits per heavy atom. The largest absolute Gasteiger partial charge is 0.453 e. The second kappa shape index (κ2) is 6.87. The van der Waals surface area contributed by atoms with E-state index in [0.29, 0.717) is 22.2 Å². The molecule has 0 fully saturated rings. The number of fused-ring (bicyclic) bond motifs is 1. The van der Waals surface area contributed by atoms with Crippen LogP contribution >= 0.6 is 0 Å². The van der Waals surface area contributed by atoms with Crippen molar-refractivity contribution < 1.29 is 14.1 Å². The fourth-order valence-electron chi connectivity index (χ4n) is 2.72. The van der Waals surface area contributed by atoms with Gasteiger partial charge >= 0.3 is 5.97 Å². The van der Waals surface area contributed by atoms with E-state index in [9.17, 15) is 9.59 Å². The first kappa shape index (κ1) is 16.7. The molecule has 0 bridgehead atoms. The van der Waals surface area contributed by atoms with Crippen LogP contribution in [0, 0.1) is 6.92 Å². The van der Waals surface area contributed by atoms with Crippen molar-refractivity contribution in [2.75, 3.05) is 0 Å². The molecule has 0 aliphatic carbocycles. The average molecular weight is 361 g/mol. The van der Waals surface area contributed by atoms with Crippen molar-refractivity contribution in [1.29, 1.82) is 0 Å². The van der Waals surface area contributed by atoms with Crippen LogP contribution in [-0.2, 0) is 11.3 Å². The number of benzene rings is 2. The Bertz CT molecular complexity index is 1180. The van der Waals surface area contributed by atoms with Gasteiger partial charge in [-0.3, -0.25) is 4.79 Å². The van der Waals surface area contributed by atoms with Crippen LogP contribution in [0.15, 0.2) is 63.9 Å². The minimum absolute atomic E-state index is 0.0449. The predicted molar refractivity (Wildman–Crippen MR) is 98.2 cm³/mol.